The Bertz CT molecular complexity index is 1270. The first-order valence-corrected chi connectivity index (χ1v) is 12.0. The second-order valence-corrected chi connectivity index (χ2v) is 10.1. The molecular formula is C23H13BrCl2FNO2S2. The second-order valence-electron chi connectivity index (χ2n) is 6.68. The van der Waals surface area contributed by atoms with Gasteiger partial charge in [0.15, 0.2) is 4.32 Å². The van der Waals surface area contributed by atoms with Crippen molar-refractivity contribution in [3.05, 3.63) is 97.0 Å². The highest BCUT2D eigenvalue weighted by Crippen LogP contribution is 2.38. The molecule has 0 aliphatic carbocycles. The Balaban J connectivity index is 1.62. The van der Waals surface area contributed by atoms with Crippen molar-refractivity contribution < 1.29 is 13.9 Å². The van der Waals surface area contributed by atoms with E-state index in [2.05, 4.69) is 15.9 Å². The van der Waals surface area contributed by atoms with E-state index in [-0.39, 0.29) is 16.6 Å². The third kappa shape index (κ3) is 5.02. The third-order valence-electron chi connectivity index (χ3n) is 4.54. The van der Waals surface area contributed by atoms with Crippen LogP contribution in [0.25, 0.3) is 6.08 Å². The number of hydrogen-bond donors (Lipinski definition) is 0. The summed E-state index contributed by atoms with van der Waals surface area (Å²) in [4.78, 5) is 14.6. The van der Waals surface area contributed by atoms with Crippen molar-refractivity contribution >= 4 is 85.1 Å². The van der Waals surface area contributed by atoms with Crippen LogP contribution in [0.4, 0.5) is 10.1 Å². The van der Waals surface area contributed by atoms with Crippen LogP contribution in [0.3, 0.4) is 0 Å². The topological polar surface area (TPSA) is 29.5 Å². The van der Waals surface area contributed by atoms with E-state index < -0.39 is 11.7 Å². The molecule has 32 heavy (non-hydrogen) atoms. The maximum Gasteiger partial charge on any atom is 0.270 e. The van der Waals surface area contributed by atoms with Crippen LogP contribution in [0, 0.1) is 5.82 Å². The van der Waals surface area contributed by atoms with Gasteiger partial charge in [-0.05, 0) is 48.5 Å². The minimum Gasteiger partial charge on any atom is -0.488 e. The van der Waals surface area contributed by atoms with Gasteiger partial charge in [-0.2, -0.15) is 0 Å². The van der Waals surface area contributed by atoms with Crippen LogP contribution >= 0.6 is 63.1 Å². The fourth-order valence-electron chi connectivity index (χ4n) is 3.01. The maximum atomic E-state index is 14.3. The summed E-state index contributed by atoms with van der Waals surface area (Å²) in [5.74, 6) is -0.358. The number of rotatable bonds is 5. The van der Waals surface area contributed by atoms with Gasteiger partial charge in [-0.15, -0.1) is 0 Å². The van der Waals surface area contributed by atoms with E-state index >= 15 is 0 Å². The zero-order chi connectivity index (χ0) is 22.8. The number of benzene rings is 3. The van der Waals surface area contributed by atoms with E-state index in [1.54, 1.807) is 42.5 Å². The number of amides is 1. The molecule has 0 radical (unpaired) electrons. The molecule has 0 unspecified atom stereocenters. The van der Waals surface area contributed by atoms with Crippen LogP contribution in [0.5, 0.6) is 5.75 Å². The third-order valence-corrected chi connectivity index (χ3v) is 6.93. The lowest BCUT2D eigenvalue weighted by molar-refractivity contribution is -0.113. The summed E-state index contributed by atoms with van der Waals surface area (Å²) in [6, 6.07) is 16.7. The van der Waals surface area contributed by atoms with Crippen molar-refractivity contribution in [2.75, 3.05) is 4.90 Å². The molecule has 0 bridgehead atoms. The predicted molar refractivity (Wildman–Crippen MR) is 137 cm³/mol. The molecule has 0 atom stereocenters. The number of anilines is 1. The van der Waals surface area contributed by atoms with E-state index in [1.807, 2.05) is 12.1 Å². The van der Waals surface area contributed by atoms with Crippen molar-refractivity contribution in [3.63, 3.8) is 0 Å². The average Bonchev–Trinajstić information content (AvgIpc) is 3.02. The summed E-state index contributed by atoms with van der Waals surface area (Å²) in [7, 11) is 0. The Hall–Kier alpha value is -1.90. The molecule has 0 saturated carbocycles. The Kier molecular flexibility index (Phi) is 7.22. The largest absolute Gasteiger partial charge is 0.488 e. The van der Waals surface area contributed by atoms with Gasteiger partial charge in [0.1, 0.15) is 18.2 Å². The van der Waals surface area contributed by atoms with Gasteiger partial charge in [-0.3, -0.25) is 9.69 Å². The molecule has 1 aliphatic heterocycles. The summed E-state index contributed by atoms with van der Waals surface area (Å²) in [6.07, 6.45) is 1.68. The monoisotopic (exact) mass is 567 g/mol. The standard InChI is InChI=1S/C23H13BrCl2FNO2S2/c24-15-6-8-20(30-12-13-5-7-16(25)11-17(13)26)14(9-15)10-21-22(29)28(23(31)32-21)19-4-2-1-3-18(19)27/h1-11H,12H2/b21-10+. The van der Waals surface area contributed by atoms with Gasteiger partial charge in [0.2, 0.25) is 0 Å². The molecule has 0 N–H and O–H groups in total. The molecule has 1 heterocycles. The van der Waals surface area contributed by atoms with E-state index in [0.29, 0.717) is 26.3 Å². The van der Waals surface area contributed by atoms with E-state index in [9.17, 15) is 9.18 Å². The van der Waals surface area contributed by atoms with Crippen LogP contribution in [-0.2, 0) is 11.4 Å². The van der Waals surface area contributed by atoms with Gasteiger partial charge in [0.25, 0.3) is 5.91 Å². The molecule has 3 aromatic rings. The van der Waals surface area contributed by atoms with E-state index in [4.69, 9.17) is 40.2 Å². The van der Waals surface area contributed by atoms with Gasteiger partial charge in [-0.25, -0.2) is 4.39 Å². The summed E-state index contributed by atoms with van der Waals surface area (Å²) in [6.45, 7) is 0.217. The molecule has 3 aromatic carbocycles. The molecule has 0 spiro atoms. The van der Waals surface area contributed by atoms with Crippen LogP contribution < -0.4 is 9.64 Å². The second kappa shape index (κ2) is 9.93. The first-order chi connectivity index (χ1) is 15.3. The predicted octanol–water partition coefficient (Wildman–Crippen LogP) is 7.88. The van der Waals surface area contributed by atoms with Crippen LogP contribution in [0.1, 0.15) is 11.1 Å². The molecule has 1 aliphatic rings. The van der Waals surface area contributed by atoms with Gasteiger partial charge >= 0.3 is 0 Å². The van der Waals surface area contributed by atoms with Gasteiger partial charge in [0.05, 0.1) is 10.6 Å². The number of nitrogens with zero attached hydrogens (tertiary/aromatic N) is 1. The van der Waals surface area contributed by atoms with Crippen molar-refractivity contribution in [1.82, 2.24) is 0 Å². The zero-order valence-corrected chi connectivity index (χ0v) is 20.9. The lowest BCUT2D eigenvalue weighted by Crippen LogP contribution is -2.28. The normalized spacial score (nSPS) is 15.0. The molecule has 1 saturated heterocycles. The summed E-state index contributed by atoms with van der Waals surface area (Å²) in [5, 5.41) is 1.04. The Morgan fingerprint density at radius 2 is 1.91 bits per heavy atom. The van der Waals surface area contributed by atoms with Gasteiger partial charge < -0.3 is 4.74 Å². The Morgan fingerprint density at radius 1 is 1.12 bits per heavy atom. The number of halogens is 4. The fourth-order valence-corrected chi connectivity index (χ4v) is 5.13. The number of thiocarbonyl (C=S) groups is 1. The van der Waals surface area contributed by atoms with Crippen LogP contribution in [0.2, 0.25) is 10.0 Å². The number of para-hydroxylation sites is 1. The number of ether oxygens (including phenoxy) is 1. The lowest BCUT2D eigenvalue weighted by atomic mass is 10.1. The highest BCUT2D eigenvalue weighted by atomic mass is 79.9. The van der Waals surface area contributed by atoms with Crippen molar-refractivity contribution in [2.45, 2.75) is 6.61 Å². The highest BCUT2D eigenvalue weighted by Gasteiger charge is 2.34. The molecular weight excluding hydrogens is 556 g/mol. The average molecular weight is 569 g/mol. The van der Waals surface area contributed by atoms with E-state index in [1.165, 1.54) is 17.0 Å². The molecule has 3 nitrogen and oxygen atoms in total. The fraction of sp³-hybridized carbons (Fsp3) is 0.0435. The Labute approximate surface area is 212 Å². The van der Waals surface area contributed by atoms with Crippen molar-refractivity contribution in [2.24, 2.45) is 0 Å². The first-order valence-electron chi connectivity index (χ1n) is 9.22. The molecule has 9 heteroatoms. The molecule has 0 aromatic heterocycles. The number of carbonyl (C=O) groups excluding carboxylic acids is 1. The lowest BCUT2D eigenvalue weighted by Gasteiger charge is -2.15. The quantitative estimate of drug-likeness (QED) is 0.231. The molecule has 1 fully saturated rings. The smallest absolute Gasteiger partial charge is 0.270 e. The number of thioether (sulfide) groups is 1. The molecule has 162 valence electrons. The molecule has 4 rings (SSSR count). The minimum absolute atomic E-state index is 0.126. The first kappa shape index (κ1) is 23.3. The molecule has 1 amide bonds. The SMILES string of the molecule is O=C1/C(=C\c2cc(Br)ccc2OCc2ccc(Cl)cc2Cl)SC(=S)N1c1ccccc1F. The van der Waals surface area contributed by atoms with Gasteiger partial charge in [0, 0.05) is 25.6 Å². The van der Waals surface area contributed by atoms with E-state index in [0.717, 1.165) is 21.8 Å². The van der Waals surface area contributed by atoms with Gasteiger partial charge in [-0.1, -0.05) is 81.3 Å². The van der Waals surface area contributed by atoms with Crippen LogP contribution in [0.15, 0.2) is 70.0 Å². The highest BCUT2D eigenvalue weighted by molar-refractivity contribution is 9.10. The minimum atomic E-state index is -0.517. The summed E-state index contributed by atoms with van der Waals surface area (Å²) < 4.78 is 21.3. The summed E-state index contributed by atoms with van der Waals surface area (Å²) in [5.41, 5.74) is 1.57. The maximum absolute atomic E-state index is 14.3. The summed E-state index contributed by atoms with van der Waals surface area (Å²) >= 11 is 22.1. The van der Waals surface area contributed by atoms with Crippen molar-refractivity contribution in [3.8, 4) is 5.75 Å². The van der Waals surface area contributed by atoms with Crippen LogP contribution in [-0.4, -0.2) is 10.2 Å². The Morgan fingerprint density at radius 3 is 2.66 bits per heavy atom. The number of hydrogen-bond acceptors (Lipinski definition) is 4. The van der Waals surface area contributed by atoms with Crippen molar-refractivity contribution in [1.29, 1.82) is 0 Å². The number of carbonyl (C=O) groups is 1. The zero-order valence-electron chi connectivity index (χ0n) is 16.2.